The second-order valence-electron chi connectivity index (χ2n) is 9.04. The fourth-order valence-corrected chi connectivity index (χ4v) is 4.34. The molecular weight excluding hydrogens is 400 g/mol. The van der Waals surface area contributed by atoms with Crippen LogP contribution in [0.2, 0.25) is 0 Å². The molecule has 0 radical (unpaired) electrons. The molecule has 0 N–H and O–H groups in total. The van der Waals surface area contributed by atoms with E-state index in [1.807, 2.05) is 6.08 Å². The van der Waals surface area contributed by atoms with Crippen LogP contribution in [0.25, 0.3) is 11.1 Å². The van der Waals surface area contributed by atoms with Gasteiger partial charge in [0.2, 0.25) is 0 Å². The SMILES string of the molecule is CCCCCCC(C=C=[N+]=[N-])=C(c1ccc(CCCCC)cc1)c1cccc(CCCC)c1. The van der Waals surface area contributed by atoms with Gasteiger partial charge in [0, 0.05) is 0 Å². The van der Waals surface area contributed by atoms with Gasteiger partial charge in [-0.2, -0.15) is 0 Å². The van der Waals surface area contributed by atoms with Crippen molar-refractivity contribution in [2.75, 3.05) is 0 Å². The zero-order valence-electron chi connectivity index (χ0n) is 21.1. The quantitative estimate of drug-likeness (QED) is 0.0867. The fourth-order valence-electron chi connectivity index (χ4n) is 4.34. The largest absolute Gasteiger partial charge is 0.348 e. The molecule has 0 unspecified atom stereocenters. The van der Waals surface area contributed by atoms with Crippen molar-refractivity contribution in [3.8, 4) is 0 Å². The number of unbranched alkanes of at least 4 members (excludes halogenated alkanes) is 6. The van der Waals surface area contributed by atoms with Crippen LogP contribution in [0.1, 0.15) is 107 Å². The van der Waals surface area contributed by atoms with Crippen molar-refractivity contribution in [3.63, 3.8) is 0 Å². The summed E-state index contributed by atoms with van der Waals surface area (Å²) in [5, 5.41) is 0. The molecule has 0 heterocycles. The zero-order valence-corrected chi connectivity index (χ0v) is 21.1. The first kappa shape index (κ1) is 26.6. The van der Waals surface area contributed by atoms with E-state index in [0.717, 1.165) is 25.7 Å². The highest BCUT2D eigenvalue weighted by Crippen LogP contribution is 2.31. The number of allylic oxidation sites excluding steroid dienone is 2. The maximum atomic E-state index is 9.09. The lowest BCUT2D eigenvalue weighted by Crippen LogP contribution is -1.97. The van der Waals surface area contributed by atoms with Crippen LogP contribution in [0.5, 0.6) is 0 Å². The van der Waals surface area contributed by atoms with Gasteiger partial charge in [0.05, 0.1) is 6.08 Å². The van der Waals surface area contributed by atoms with Crippen molar-refractivity contribution in [1.82, 2.24) is 0 Å². The molecule has 0 atom stereocenters. The predicted molar refractivity (Wildman–Crippen MR) is 143 cm³/mol. The number of rotatable bonds is 15. The number of hydrogen-bond acceptors (Lipinski definition) is 0. The van der Waals surface area contributed by atoms with Crippen molar-refractivity contribution in [2.45, 2.75) is 97.8 Å². The van der Waals surface area contributed by atoms with E-state index in [1.54, 1.807) is 0 Å². The molecule has 2 rings (SSSR count). The summed E-state index contributed by atoms with van der Waals surface area (Å²) in [7, 11) is 0. The van der Waals surface area contributed by atoms with Crippen molar-refractivity contribution in [1.29, 1.82) is 0 Å². The van der Waals surface area contributed by atoms with Crippen LogP contribution in [-0.2, 0) is 12.8 Å². The summed E-state index contributed by atoms with van der Waals surface area (Å²) < 4.78 is 0. The Bertz CT molecular complexity index is 939. The molecule has 2 aromatic carbocycles. The normalized spacial score (nSPS) is 11.5. The van der Waals surface area contributed by atoms with E-state index in [9.17, 15) is 0 Å². The monoisotopic (exact) mass is 442 g/mol. The van der Waals surface area contributed by atoms with Crippen molar-refractivity contribution >= 4 is 11.4 Å². The highest BCUT2D eigenvalue weighted by Gasteiger charge is 2.13. The summed E-state index contributed by atoms with van der Waals surface area (Å²) >= 11 is 0. The van der Waals surface area contributed by atoms with Crippen molar-refractivity contribution in [2.24, 2.45) is 0 Å². The number of benzene rings is 2. The molecule has 0 saturated heterocycles. The molecule has 0 aliphatic carbocycles. The highest BCUT2D eigenvalue weighted by molar-refractivity contribution is 5.85. The Morgan fingerprint density at radius 3 is 2.15 bits per heavy atom. The molecule has 0 aliphatic rings. The zero-order chi connectivity index (χ0) is 23.7. The molecule has 33 heavy (non-hydrogen) atoms. The third kappa shape index (κ3) is 9.39. The van der Waals surface area contributed by atoms with E-state index in [4.69, 9.17) is 5.53 Å². The molecule has 2 heteroatoms. The fraction of sp³-hybridized carbons (Fsp3) is 0.484. The van der Waals surface area contributed by atoms with Gasteiger partial charge in [-0.1, -0.05) is 108 Å². The Labute approximate surface area is 202 Å². The number of hydrogen-bond donors (Lipinski definition) is 0. The van der Waals surface area contributed by atoms with Crippen LogP contribution in [0.3, 0.4) is 0 Å². The maximum absolute atomic E-state index is 9.09. The first-order valence-electron chi connectivity index (χ1n) is 13.1. The lowest BCUT2D eigenvalue weighted by Gasteiger charge is -2.15. The summed E-state index contributed by atoms with van der Waals surface area (Å²) in [4.78, 5) is 3.16. The smallest absolute Gasteiger partial charge is 0.299 e. The van der Waals surface area contributed by atoms with Gasteiger partial charge in [-0.3, -0.25) is 0 Å². The Kier molecular flexibility index (Phi) is 12.9. The van der Waals surface area contributed by atoms with Crippen LogP contribution in [0.15, 0.2) is 60.2 Å². The average Bonchev–Trinajstić information content (AvgIpc) is 2.85. The van der Waals surface area contributed by atoms with Crippen molar-refractivity contribution in [3.05, 3.63) is 88.0 Å². The van der Waals surface area contributed by atoms with Crippen molar-refractivity contribution < 1.29 is 4.79 Å². The molecule has 0 aromatic heterocycles. The lowest BCUT2D eigenvalue weighted by atomic mass is 9.88. The second-order valence-corrected chi connectivity index (χ2v) is 9.04. The molecule has 0 fully saturated rings. The van der Waals surface area contributed by atoms with E-state index >= 15 is 0 Å². The number of nitrogens with zero attached hydrogens (tertiary/aromatic N) is 2. The minimum atomic E-state index is 0.954. The van der Waals surface area contributed by atoms with Gasteiger partial charge >= 0.3 is 0 Å². The summed E-state index contributed by atoms with van der Waals surface area (Å²) in [6.07, 6.45) is 16.1. The second kappa shape index (κ2) is 16.0. The molecule has 0 bridgehead atoms. The molecule has 2 nitrogen and oxygen atoms in total. The Balaban J connectivity index is 2.50. The minimum Gasteiger partial charge on any atom is -0.348 e. The van der Waals surface area contributed by atoms with Gasteiger partial charge in [0.25, 0.3) is 5.87 Å². The van der Waals surface area contributed by atoms with Crippen LogP contribution in [0.4, 0.5) is 0 Å². The van der Waals surface area contributed by atoms with E-state index < -0.39 is 0 Å². The third-order valence-corrected chi connectivity index (χ3v) is 6.26. The van der Waals surface area contributed by atoms with Gasteiger partial charge in [-0.25, -0.2) is 0 Å². The molecule has 0 amide bonds. The highest BCUT2D eigenvalue weighted by atomic mass is 14.8. The maximum Gasteiger partial charge on any atom is 0.299 e. The third-order valence-electron chi connectivity index (χ3n) is 6.26. The van der Waals surface area contributed by atoms with Crippen LogP contribution in [-0.4, -0.2) is 10.7 Å². The van der Waals surface area contributed by atoms with Crippen LogP contribution in [0, 0.1) is 0 Å². The number of aryl methyl sites for hydroxylation is 2. The van der Waals surface area contributed by atoms with E-state index in [0.29, 0.717) is 0 Å². The predicted octanol–water partition coefficient (Wildman–Crippen LogP) is 8.99. The van der Waals surface area contributed by atoms with Gasteiger partial charge in [0.1, 0.15) is 0 Å². The Morgan fingerprint density at radius 1 is 0.758 bits per heavy atom. The standard InChI is InChI=1S/C31H42N2/c1-4-7-10-12-17-28(23-24-33-32)31(30-18-13-16-27(25-30)14-9-6-3)29-21-19-26(20-22-29)15-11-8-5-2/h13,16,18-23,25H,4-12,14-15,17H2,1-3H3. The molecule has 0 spiro atoms. The van der Waals surface area contributed by atoms with E-state index in [-0.39, 0.29) is 0 Å². The topological polar surface area (TPSA) is 36.4 Å². The molecule has 176 valence electrons. The van der Waals surface area contributed by atoms with E-state index in [1.165, 1.54) is 84.8 Å². The molecular formula is C31H42N2. The van der Waals surface area contributed by atoms with Gasteiger partial charge < -0.3 is 5.53 Å². The summed E-state index contributed by atoms with van der Waals surface area (Å²) in [5.74, 6) is 2.70. The first-order chi connectivity index (χ1) is 16.2. The summed E-state index contributed by atoms with van der Waals surface area (Å²) in [6, 6.07) is 18.1. The molecule has 0 aliphatic heterocycles. The van der Waals surface area contributed by atoms with Crippen LogP contribution >= 0.6 is 0 Å². The van der Waals surface area contributed by atoms with Gasteiger partial charge in [-0.05, 0) is 71.9 Å². The molecule has 2 aromatic rings. The summed E-state index contributed by atoms with van der Waals surface area (Å²) in [6.45, 7) is 6.73. The summed E-state index contributed by atoms with van der Waals surface area (Å²) in [5.41, 5.74) is 16.8. The minimum absolute atomic E-state index is 0.954. The van der Waals surface area contributed by atoms with E-state index in [2.05, 4.69) is 80.0 Å². The average molecular weight is 443 g/mol. The van der Waals surface area contributed by atoms with Gasteiger partial charge in [0.15, 0.2) is 0 Å². The Hall–Kier alpha value is -2.66. The first-order valence-corrected chi connectivity index (χ1v) is 13.1. The lowest BCUT2D eigenvalue weighted by molar-refractivity contribution is 0.00800. The van der Waals surface area contributed by atoms with Crippen LogP contribution < -0.4 is 0 Å². The Morgan fingerprint density at radius 2 is 1.45 bits per heavy atom. The molecule has 0 saturated carbocycles. The van der Waals surface area contributed by atoms with Gasteiger partial charge in [-0.15, -0.1) is 4.79 Å².